The minimum absolute atomic E-state index is 0.0195. The maximum absolute atomic E-state index is 8.56. The molecule has 150 valence electrons. The number of imidazole rings is 1. The first-order valence-corrected chi connectivity index (χ1v) is 9.98. The van der Waals surface area contributed by atoms with Crippen molar-refractivity contribution >= 4 is 5.96 Å². The predicted molar refractivity (Wildman–Crippen MR) is 120 cm³/mol. The Morgan fingerprint density at radius 3 is 1.67 bits per heavy atom. The second-order valence-electron chi connectivity index (χ2n) is 7.17. The van der Waals surface area contributed by atoms with Gasteiger partial charge in [-0.25, -0.2) is 4.98 Å². The smallest absolute Gasteiger partial charge is 0.189 e. The summed E-state index contributed by atoms with van der Waals surface area (Å²) in [6, 6.07) is 30.8. The van der Waals surface area contributed by atoms with E-state index in [0.717, 1.165) is 22.4 Å². The van der Waals surface area contributed by atoms with E-state index in [-0.39, 0.29) is 5.96 Å². The largest absolute Gasteiger partial charge is 0.370 e. The summed E-state index contributed by atoms with van der Waals surface area (Å²) in [5, 5.41) is 8.56. The van der Waals surface area contributed by atoms with Gasteiger partial charge in [-0.2, -0.15) is 0 Å². The second-order valence-corrected chi connectivity index (χ2v) is 7.17. The van der Waals surface area contributed by atoms with Gasteiger partial charge in [-0.15, -0.1) is 0 Å². The minimum Gasteiger partial charge on any atom is -0.370 e. The number of nitrogens with two attached hydrogens (primary N) is 1. The topological polar surface area (TPSA) is 81.8 Å². The molecule has 4 N–H and O–H groups in total. The number of hydrogen-bond acceptors (Lipinski definition) is 2. The number of hydrogen-bond donors (Lipinski definition) is 3. The van der Waals surface area contributed by atoms with Crippen molar-refractivity contribution in [2.24, 2.45) is 5.73 Å². The van der Waals surface area contributed by atoms with E-state index >= 15 is 0 Å². The monoisotopic (exact) mass is 395 g/mol. The van der Waals surface area contributed by atoms with Crippen molar-refractivity contribution < 1.29 is 0 Å². The van der Waals surface area contributed by atoms with Crippen LogP contribution in [0.2, 0.25) is 0 Å². The van der Waals surface area contributed by atoms with Gasteiger partial charge >= 0.3 is 0 Å². The van der Waals surface area contributed by atoms with Crippen LogP contribution >= 0.6 is 0 Å². The van der Waals surface area contributed by atoms with Crippen molar-refractivity contribution in [2.45, 2.75) is 12.0 Å². The first-order chi connectivity index (χ1) is 14.7. The molecule has 3 aromatic carbocycles. The van der Waals surface area contributed by atoms with Crippen LogP contribution in [0.15, 0.2) is 104 Å². The molecular weight excluding hydrogens is 370 g/mol. The predicted octanol–water partition coefficient (Wildman–Crippen LogP) is 4.14. The van der Waals surface area contributed by atoms with Gasteiger partial charge in [0.25, 0.3) is 0 Å². The summed E-state index contributed by atoms with van der Waals surface area (Å²) < 4.78 is 0. The molecule has 4 rings (SSSR count). The molecule has 0 atom stereocenters. The van der Waals surface area contributed by atoms with Crippen LogP contribution < -0.4 is 5.73 Å². The third-order valence-electron chi connectivity index (χ3n) is 5.43. The fraction of sp³-hybridized carbons (Fsp3) is 0.120. The Kier molecular flexibility index (Phi) is 5.61. The molecule has 1 aromatic heterocycles. The molecule has 0 aliphatic carbocycles. The molecular formula is C25H25N5. The van der Waals surface area contributed by atoms with Gasteiger partial charge < -0.3 is 15.6 Å². The molecule has 5 nitrogen and oxygen atoms in total. The van der Waals surface area contributed by atoms with Crippen LogP contribution in [-0.2, 0) is 12.0 Å². The number of benzene rings is 3. The van der Waals surface area contributed by atoms with E-state index in [1.54, 1.807) is 6.33 Å². The van der Waals surface area contributed by atoms with Crippen LogP contribution in [0.4, 0.5) is 0 Å². The SMILES string of the molecule is N=C(N)N(CCc1cnc[nH]1)C(c1ccccc1)(c1ccccc1)c1ccccc1. The third-order valence-corrected chi connectivity index (χ3v) is 5.43. The van der Waals surface area contributed by atoms with Crippen molar-refractivity contribution in [1.29, 1.82) is 5.41 Å². The highest BCUT2D eigenvalue weighted by Gasteiger charge is 2.42. The van der Waals surface area contributed by atoms with E-state index in [0.29, 0.717) is 13.0 Å². The van der Waals surface area contributed by atoms with Crippen LogP contribution in [-0.4, -0.2) is 27.4 Å². The first-order valence-electron chi connectivity index (χ1n) is 9.98. The lowest BCUT2D eigenvalue weighted by Gasteiger charge is -2.46. The maximum Gasteiger partial charge on any atom is 0.189 e. The maximum atomic E-state index is 8.56. The Morgan fingerprint density at radius 2 is 1.30 bits per heavy atom. The van der Waals surface area contributed by atoms with E-state index in [4.69, 9.17) is 11.1 Å². The van der Waals surface area contributed by atoms with Gasteiger partial charge in [0, 0.05) is 24.9 Å². The molecule has 0 saturated heterocycles. The molecule has 0 amide bonds. The molecule has 5 heteroatoms. The van der Waals surface area contributed by atoms with Gasteiger partial charge in [0.2, 0.25) is 0 Å². The van der Waals surface area contributed by atoms with Gasteiger partial charge in [-0.05, 0) is 16.7 Å². The number of aromatic amines is 1. The highest BCUT2D eigenvalue weighted by molar-refractivity contribution is 5.78. The summed E-state index contributed by atoms with van der Waals surface area (Å²) in [6.45, 7) is 0.552. The zero-order chi connectivity index (χ0) is 20.8. The Hall–Kier alpha value is -3.86. The summed E-state index contributed by atoms with van der Waals surface area (Å²) in [4.78, 5) is 9.26. The Morgan fingerprint density at radius 1 is 0.833 bits per heavy atom. The standard InChI is InChI=1S/C25H25N5/c26-24(27)30(17-16-23-18-28-19-29-23)25(20-10-4-1-5-11-20,21-12-6-2-7-13-21)22-14-8-3-9-15-22/h1-15,18-19H,16-17H2,(H3,26,27)(H,28,29). The van der Waals surface area contributed by atoms with Crippen molar-refractivity contribution in [1.82, 2.24) is 14.9 Å². The lowest BCUT2D eigenvalue weighted by atomic mass is 9.75. The van der Waals surface area contributed by atoms with Crippen LogP contribution in [0, 0.1) is 5.41 Å². The molecule has 0 aliphatic heterocycles. The molecule has 30 heavy (non-hydrogen) atoms. The number of H-pyrrole nitrogens is 1. The average molecular weight is 396 g/mol. The molecule has 4 aromatic rings. The number of nitrogens with one attached hydrogen (secondary N) is 2. The van der Waals surface area contributed by atoms with Gasteiger partial charge in [-0.1, -0.05) is 91.0 Å². The van der Waals surface area contributed by atoms with Gasteiger partial charge in [0.1, 0.15) is 5.54 Å². The van der Waals surface area contributed by atoms with Crippen molar-refractivity contribution in [3.05, 3.63) is 126 Å². The zero-order valence-electron chi connectivity index (χ0n) is 16.7. The average Bonchev–Trinajstić information content (AvgIpc) is 3.32. The van der Waals surface area contributed by atoms with Crippen molar-refractivity contribution in [3.8, 4) is 0 Å². The van der Waals surface area contributed by atoms with Crippen LogP contribution in [0.5, 0.6) is 0 Å². The fourth-order valence-corrected chi connectivity index (χ4v) is 4.13. The third kappa shape index (κ3) is 3.57. The van der Waals surface area contributed by atoms with E-state index in [1.165, 1.54) is 0 Å². The fourth-order valence-electron chi connectivity index (χ4n) is 4.13. The number of aromatic nitrogens is 2. The van der Waals surface area contributed by atoms with Crippen LogP contribution in [0.1, 0.15) is 22.4 Å². The highest BCUT2D eigenvalue weighted by Crippen LogP contribution is 2.42. The summed E-state index contributed by atoms with van der Waals surface area (Å²) in [6.07, 6.45) is 4.17. The molecule has 1 heterocycles. The highest BCUT2D eigenvalue weighted by atomic mass is 15.3. The Balaban J connectivity index is 1.96. The lowest BCUT2D eigenvalue weighted by Crippen LogP contribution is -2.54. The van der Waals surface area contributed by atoms with Gasteiger partial charge in [-0.3, -0.25) is 5.41 Å². The molecule has 0 spiro atoms. The van der Waals surface area contributed by atoms with Crippen molar-refractivity contribution in [2.75, 3.05) is 6.54 Å². The lowest BCUT2D eigenvalue weighted by molar-refractivity contribution is 0.262. The number of nitrogens with zero attached hydrogens (tertiary/aromatic N) is 2. The normalized spacial score (nSPS) is 11.2. The Bertz CT molecular complexity index is 964. The molecule has 0 fully saturated rings. The van der Waals surface area contributed by atoms with Crippen LogP contribution in [0.25, 0.3) is 0 Å². The first kappa shape index (κ1) is 19.5. The zero-order valence-corrected chi connectivity index (χ0v) is 16.7. The molecule has 0 aliphatic rings. The van der Waals surface area contributed by atoms with E-state index < -0.39 is 5.54 Å². The Labute approximate surface area is 176 Å². The van der Waals surface area contributed by atoms with E-state index in [9.17, 15) is 0 Å². The summed E-state index contributed by atoms with van der Waals surface area (Å²) in [5.41, 5.74) is 9.69. The molecule has 0 unspecified atom stereocenters. The van der Waals surface area contributed by atoms with Crippen LogP contribution in [0.3, 0.4) is 0 Å². The summed E-state index contributed by atoms with van der Waals surface area (Å²) in [7, 11) is 0. The van der Waals surface area contributed by atoms with Crippen molar-refractivity contribution in [3.63, 3.8) is 0 Å². The van der Waals surface area contributed by atoms with E-state index in [2.05, 4.69) is 46.4 Å². The molecule has 0 radical (unpaired) electrons. The minimum atomic E-state index is -0.740. The number of rotatable bonds is 7. The molecule has 0 saturated carbocycles. The van der Waals surface area contributed by atoms with Gasteiger partial charge in [0.05, 0.1) is 6.33 Å². The summed E-state index contributed by atoms with van der Waals surface area (Å²) in [5.74, 6) is 0.0195. The van der Waals surface area contributed by atoms with Gasteiger partial charge in [0.15, 0.2) is 5.96 Å². The quantitative estimate of drug-likeness (QED) is 0.250. The second kappa shape index (κ2) is 8.66. The number of guanidine groups is 1. The van der Waals surface area contributed by atoms with E-state index in [1.807, 2.05) is 65.7 Å². The summed E-state index contributed by atoms with van der Waals surface area (Å²) >= 11 is 0. The molecule has 0 bridgehead atoms.